The van der Waals surface area contributed by atoms with E-state index in [1.54, 1.807) is 41.3 Å². The fourth-order valence-corrected chi connectivity index (χ4v) is 4.26. The summed E-state index contributed by atoms with van der Waals surface area (Å²) in [6.45, 7) is 4.07. The number of phenolic OH excluding ortho intramolecular Hbond substituents is 1. The van der Waals surface area contributed by atoms with Crippen molar-refractivity contribution in [2.75, 3.05) is 44.7 Å². The van der Waals surface area contributed by atoms with Crippen LogP contribution in [0.5, 0.6) is 5.75 Å². The smallest absolute Gasteiger partial charge is 0.243 e. The number of phenols is 1. The predicted molar refractivity (Wildman–Crippen MR) is 108 cm³/mol. The van der Waals surface area contributed by atoms with E-state index in [0.717, 1.165) is 15.6 Å². The Labute approximate surface area is 165 Å². The fraction of sp³-hybridized carbons (Fsp3) is 0.350. The van der Waals surface area contributed by atoms with Crippen LogP contribution in [0.25, 0.3) is 0 Å². The number of rotatable bonds is 5. The molecule has 1 fully saturated rings. The number of sulfonamides is 1. The van der Waals surface area contributed by atoms with Crippen molar-refractivity contribution in [3.63, 3.8) is 0 Å². The second kappa shape index (κ2) is 8.20. The number of benzene rings is 2. The van der Waals surface area contributed by atoms with Crippen LogP contribution in [0.2, 0.25) is 0 Å². The molecule has 0 aromatic heterocycles. The van der Waals surface area contributed by atoms with Crippen molar-refractivity contribution in [2.45, 2.75) is 11.8 Å². The van der Waals surface area contributed by atoms with E-state index in [4.69, 9.17) is 0 Å². The lowest BCUT2D eigenvalue weighted by Crippen LogP contribution is -2.51. The summed E-state index contributed by atoms with van der Waals surface area (Å²) in [6.07, 6.45) is 0. The van der Waals surface area contributed by atoms with E-state index in [2.05, 4.69) is 4.90 Å². The second-order valence-electron chi connectivity index (χ2n) is 6.96. The molecule has 1 saturated heterocycles. The highest BCUT2D eigenvalue weighted by molar-refractivity contribution is 7.89. The Morgan fingerprint density at radius 2 is 1.57 bits per heavy atom. The molecule has 150 valence electrons. The number of anilines is 1. The van der Waals surface area contributed by atoms with Gasteiger partial charge < -0.3 is 14.9 Å². The van der Waals surface area contributed by atoms with Crippen molar-refractivity contribution < 1.29 is 18.3 Å². The summed E-state index contributed by atoms with van der Waals surface area (Å²) in [6, 6.07) is 13.6. The van der Waals surface area contributed by atoms with Gasteiger partial charge in [-0.2, -0.15) is 4.31 Å². The third-order valence-electron chi connectivity index (χ3n) is 4.93. The maximum atomic E-state index is 12.7. The summed E-state index contributed by atoms with van der Waals surface area (Å²) in [5.74, 6) is 0.0129. The number of hydrogen-bond acceptors (Lipinski definition) is 5. The normalized spacial score (nSPS) is 15.1. The van der Waals surface area contributed by atoms with E-state index < -0.39 is 10.0 Å². The van der Waals surface area contributed by atoms with Crippen LogP contribution in [0.15, 0.2) is 53.4 Å². The van der Waals surface area contributed by atoms with E-state index in [-0.39, 0.29) is 23.1 Å². The number of hydrogen-bond donors (Lipinski definition) is 1. The highest BCUT2D eigenvalue weighted by atomic mass is 32.2. The number of nitrogens with zero attached hydrogens (tertiary/aromatic N) is 3. The number of amides is 1. The van der Waals surface area contributed by atoms with E-state index in [1.165, 1.54) is 7.05 Å². The maximum Gasteiger partial charge on any atom is 0.243 e. The molecule has 0 radical (unpaired) electrons. The summed E-state index contributed by atoms with van der Waals surface area (Å²) in [4.78, 5) is 16.6. The molecule has 28 heavy (non-hydrogen) atoms. The Bertz CT molecular complexity index is 919. The van der Waals surface area contributed by atoms with Crippen molar-refractivity contribution in [2.24, 2.45) is 0 Å². The largest absolute Gasteiger partial charge is 0.508 e. The molecule has 0 aliphatic carbocycles. The third-order valence-corrected chi connectivity index (χ3v) is 6.75. The lowest BCUT2D eigenvalue weighted by Gasteiger charge is -2.36. The van der Waals surface area contributed by atoms with Gasteiger partial charge in [-0.25, -0.2) is 8.42 Å². The monoisotopic (exact) mass is 403 g/mol. The molecule has 2 aromatic carbocycles. The Morgan fingerprint density at radius 3 is 2.14 bits per heavy atom. The standard InChI is InChI=1S/C20H25N3O4S/c1-16-3-9-19(10-4-16)28(26,27)21(2)15-20(25)23-13-11-22(12-14-23)17-5-7-18(24)8-6-17/h3-10,24H,11-15H2,1-2H3. The van der Waals surface area contributed by atoms with Gasteiger partial charge >= 0.3 is 0 Å². The van der Waals surface area contributed by atoms with Gasteiger partial charge in [0, 0.05) is 38.9 Å². The summed E-state index contributed by atoms with van der Waals surface area (Å²) < 4.78 is 26.4. The van der Waals surface area contributed by atoms with Gasteiger partial charge in [0.25, 0.3) is 0 Å². The molecule has 0 bridgehead atoms. The Kier molecular flexibility index (Phi) is 5.90. The number of piperazine rings is 1. The minimum absolute atomic E-state index is 0.185. The van der Waals surface area contributed by atoms with E-state index in [1.807, 2.05) is 19.1 Å². The zero-order valence-corrected chi connectivity index (χ0v) is 16.9. The first-order valence-corrected chi connectivity index (χ1v) is 10.6. The molecule has 0 saturated carbocycles. The van der Waals surface area contributed by atoms with Crippen LogP contribution in [0.3, 0.4) is 0 Å². The molecule has 7 nitrogen and oxygen atoms in total. The Hall–Kier alpha value is -2.58. The molecule has 1 aliphatic heterocycles. The topological polar surface area (TPSA) is 81.2 Å². The second-order valence-corrected chi connectivity index (χ2v) is 9.00. The summed E-state index contributed by atoms with van der Waals surface area (Å²) in [5.41, 5.74) is 1.97. The highest BCUT2D eigenvalue weighted by Gasteiger charge is 2.27. The zero-order valence-electron chi connectivity index (χ0n) is 16.1. The number of carbonyl (C=O) groups is 1. The number of likely N-dealkylation sites (N-methyl/N-ethyl adjacent to an activating group) is 1. The van der Waals surface area contributed by atoms with Crippen LogP contribution in [-0.4, -0.2) is 68.4 Å². The van der Waals surface area contributed by atoms with Crippen molar-refractivity contribution in [3.05, 3.63) is 54.1 Å². The van der Waals surface area contributed by atoms with Crippen molar-refractivity contribution in [1.29, 1.82) is 0 Å². The number of aryl methyl sites for hydroxylation is 1. The summed E-state index contributed by atoms with van der Waals surface area (Å²) >= 11 is 0. The molecular weight excluding hydrogens is 378 g/mol. The molecule has 1 amide bonds. The molecule has 0 unspecified atom stereocenters. The van der Waals surface area contributed by atoms with Gasteiger partial charge in [0.1, 0.15) is 5.75 Å². The predicted octanol–water partition coefficient (Wildman–Crippen LogP) is 1.67. The first-order valence-electron chi connectivity index (χ1n) is 9.12. The van der Waals surface area contributed by atoms with Gasteiger partial charge in [-0.15, -0.1) is 0 Å². The van der Waals surface area contributed by atoms with Gasteiger partial charge in [-0.1, -0.05) is 17.7 Å². The molecule has 1 aliphatic rings. The van der Waals surface area contributed by atoms with Crippen LogP contribution in [0.1, 0.15) is 5.56 Å². The van der Waals surface area contributed by atoms with Crippen molar-refractivity contribution >= 4 is 21.6 Å². The molecule has 2 aromatic rings. The van der Waals surface area contributed by atoms with Gasteiger partial charge in [0.2, 0.25) is 15.9 Å². The van der Waals surface area contributed by atoms with Gasteiger partial charge in [0.15, 0.2) is 0 Å². The fourth-order valence-electron chi connectivity index (χ4n) is 3.14. The van der Waals surface area contributed by atoms with E-state index >= 15 is 0 Å². The zero-order chi connectivity index (χ0) is 20.3. The summed E-state index contributed by atoms with van der Waals surface area (Å²) in [5, 5.41) is 9.39. The number of carbonyl (C=O) groups excluding carboxylic acids is 1. The SMILES string of the molecule is Cc1ccc(S(=O)(=O)N(C)CC(=O)N2CCN(c3ccc(O)cc3)CC2)cc1. The quantitative estimate of drug-likeness (QED) is 0.821. The minimum atomic E-state index is -3.70. The van der Waals surface area contributed by atoms with Gasteiger partial charge in [-0.05, 0) is 43.3 Å². The Morgan fingerprint density at radius 1 is 1.00 bits per heavy atom. The number of aromatic hydroxyl groups is 1. The molecule has 0 atom stereocenters. The maximum absolute atomic E-state index is 12.7. The van der Waals surface area contributed by atoms with Gasteiger partial charge in [0.05, 0.1) is 11.4 Å². The first kappa shape index (κ1) is 20.2. The lowest BCUT2D eigenvalue weighted by atomic mass is 10.2. The molecule has 0 spiro atoms. The van der Waals surface area contributed by atoms with Crippen LogP contribution in [0.4, 0.5) is 5.69 Å². The van der Waals surface area contributed by atoms with Crippen LogP contribution < -0.4 is 4.90 Å². The Balaban J connectivity index is 1.58. The molecule has 1 N–H and O–H groups in total. The van der Waals surface area contributed by atoms with Crippen LogP contribution in [0, 0.1) is 6.92 Å². The van der Waals surface area contributed by atoms with Crippen molar-refractivity contribution in [1.82, 2.24) is 9.21 Å². The average Bonchev–Trinajstić information content (AvgIpc) is 2.69. The third kappa shape index (κ3) is 4.45. The van der Waals surface area contributed by atoms with E-state index in [9.17, 15) is 18.3 Å². The molecule has 1 heterocycles. The first-order chi connectivity index (χ1) is 13.3. The van der Waals surface area contributed by atoms with Crippen LogP contribution >= 0.6 is 0 Å². The molecule has 3 rings (SSSR count). The van der Waals surface area contributed by atoms with Gasteiger partial charge in [-0.3, -0.25) is 4.79 Å². The minimum Gasteiger partial charge on any atom is -0.508 e. The van der Waals surface area contributed by atoms with E-state index in [0.29, 0.717) is 26.2 Å². The molecular formula is C20H25N3O4S. The van der Waals surface area contributed by atoms with Crippen LogP contribution in [-0.2, 0) is 14.8 Å². The molecule has 8 heteroatoms. The highest BCUT2D eigenvalue weighted by Crippen LogP contribution is 2.20. The van der Waals surface area contributed by atoms with Crippen molar-refractivity contribution in [3.8, 4) is 5.75 Å². The lowest BCUT2D eigenvalue weighted by molar-refractivity contribution is -0.131. The summed E-state index contributed by atoms with van der Waals surface area (Å²) in [7, 11) is -2.27. The average molecular weight is 404 g/mol.